The Hall–Kier alpha value is -3.34. The number of rotatable bonds is 5. The summed E-state index contributed by atoms with van der Waals surface area (Å²) in [5.41, 5.74) is -0.761. The smallest absolute Gasteiger partial charge is 0.278 e. The van der Waals surface area contributed by atoms with Crippen LogP contribution in [0, 0.1) is 15.9 Å². The summed E-state index contributed by atoms with van der Waals surface area (Å²) in [5.74, 6) is -0.448. The van der Waals surface area contributed by atoms with Crippen LogP contribution in [-0.2, 0) is 10.0 Å². The van der Waals surface area contributed by atoms with Gasteiger partial charge in [0, 0.05) is 12.4 Å². The average Bonchev–Trinajstić information content (AvgIpc) is 3.09. The van der Waals surface area contributed by atoms with Gasteiger partial charge in [0.2, 0.25) is 0 Å². The highest BCUT2D eigenvalue weighted by Gasteiger charge is 2.26. The van der Waals surface area contributed by atoms with Crippen molar-refractivity contribution in [2.75, 3.05) is 4.72 Å². The van der Waals surface area contributed by atoms with E-state index in [1.165, 1.54) is 23.0 Å². The van der Waals surface area contributed by atoms with Gasteiger partial charge >= 0.3 is 0 Å². The Balaban J connectivity index is 1.91. The van der Waals surface area contributed by atoms with E-state index in [-0.39, 0.29) is 5.69 Å². The van der Waals surface area contributed by atoms with Crippen molar-refractivity contribution in [3.05, 3.63) is 70.9 Å². The molecule has 0 unspecified atom stereocenters. The van der Waals surface area contributed by atoms with E-state index < -0.39 is 31.3 Å². The van der Waals surface area contributed by atoms with Gasteiger partial charge in [0.25, 0.3) is 15.7 Å². The predicted molar refractivity (Wildman–Crippen MR) is 85.2 cm³/mol. The number of nitrogens with one attached hydrogen (secondary N) is 1. The van der Waals surface area contributed by atoms with Crippen molar-refractivity contribution in [2.45, 2.75) is 4.90 Å². The zero-order valence-electron chi connectivity index (χ0n) is 12.4. The van der Waals surface area contributed by atoms with Crippen LogP contribution in [0.25, 0.3) is 5.82 Å². The van der Waals surface area contributed by atoms with E-state index in [4.69, 9.17) is 0 Å². The largest absolute Gasteiger partial charge is 0.292 e. The van der Waals surface area contributed by atoms with Gasteiger partial charge in [-0.2, -0.15) is 5.10 Å². The van der Waals surface area contributed by atoms with E-state index in [1.54, 1.807) is 18.5 Å². The van der Waals surface area contributed by atoms with Crippen molar-refractivity contribution in [1.29, 1.82) is 0 Å². The molecule has 128 valence electrons. The van der Waals surface area contributed by atoms with Crippen LogP contribution < -0.4 is 4.72 Å². The number of nitrogens with zero attached hydrogens (tertiary/aromatic N) is 4. The highest BCUT2D eigenvalue weighted by molar-refractivity contribution is 7.92. The van der Waals surface area contributed by atoms with Crippen LogP contribution >= 0.6 is 0 Å². The highest BCUT2D eigenvalue weighted by Crippen LogP contribution is 2.26. The van der Waals surface area contributed by atoms with Crippen molar-refractivity contribution in [3.8, 4) is 5.82 Å². The van der Waals surface area contributed by atoms with E-state index in [9.17, 15) is 22.9 Å². The number of hydrogen-bond donors (Lipinski definition) is 1. The molecule has 2 aromatic heterocycles. The molecule has 2 heterocycles. The molecule has 0 saturated carbocycles. The van der Waals surface area contributed by atoms with Gasteiger partial charge in [0.05, 0.1) is 22.9 Å². The maximum absolute atomic E-state index is 13.2. The molecule has 0 bridgehead atoms. The number of hydrogen-bond acceptors (Lipinski definition) is 6. The fourth-order valence-corrected chi connectivity index (χ4v) is 3.25. The molecule has 0 aliphatic rings. The number of nitro groups is 1. The number of anilines is 1. The standard InChI is InChI=1S/C14H10FN5O4S/c15-10-2-4-13(12(8-10)20(21)22)25(23,24)18-11-3-5-14(16-9-11)19-7-1-6-17-19/h1-9,18H. The normalized spacial score (nSPS) is 11.2. The lowest BCUT2D eigenvalue weighted by Gasteiger charge is -2.09. The van der Waals surface area contributed by atoms with Crippen LogP contribution in [0.3, 0.4) is 0 Å². The molecular formula is C14H10FN5O4S. The van der Waals surface area contributed by atoms with Crippen molar-refractivity contribution in [3.63, 3.8) is 0 Å². The van der Waals surface area contributed by atoms with Crippen LogP contribution in [0.5, 0.6) is 0 Å². The summed E-state index contributed by atoms with van der Waals surface area (Å²) >= 11 is 0. The van der Waals surface area contributed by atoms with Crippen LogP contribution in [0.4, 0.5) is 15.8 Å². The summed E-state index contributed by atoms with van der Waals surface area (Å²) in [4.78, 5) is 13.4. The number of halogens is 1. The predicted octanol–water partition coefficient (Wildman–Crippen LogP) is 2.12. The zero-order valence-corrected chi connectivity index (χ0v) is 13.2. The molecule has 0 atom stereocenters. The monoisotopic (exact) mass is 363 g/mol. The molecule has 0 spiro atoms. The Morgan fingerprint density at radius 3 is 2.64 bits per heavy atom. The minimum absolute atomic E-state index is 0.0922. The van der Waals surface area contributed by atoms with Crippen LogP contribution in [0.1, 0.15) is 0 Å². The summed E-state index contributed by atoms with van der Waals surface area (Å²) in [6.45, 7) is 0. The van der Waals surface area contributed by atoms with Crippen LogP contribution in [0.15, 0.2) is 59.9 Å². The first-order valence-electron chi connectivity index (χ1n) is 6.80. The quantitative estimate of drug-likeness (QED) is 0.547. The summed E-state index contributed by atoms with van der Waals surface area (Å²) in [6, 6.07) is 6.86. The lowest BCUT2D eigenvalue weighted by Crippen LogP contribution is -2.15. The fraction of sp³-hybridized carbons (Fsp3) is 0. The molecule has 9 nitrogen and oxygen atoms in total. The van der Waals surface area contributed by atoms with Gasteiger partial charge in [-0.25, -0.2) is 22.5 Å². The minimum Gasteiger partial charge on any atom is -0.278 e. The number of sulfonamides is 1. The Bertz CT molecular complexity index is 1020. The number of aromatic nitrogens is 3. The van der Waals surface area contributed by atoms with Crippen molar-refractivity contribution in [1.82, 2.24) is 14.8 Å². The third kappa shape index (κ3) is 3.45. The van der Waals surface area contributed by atoms with E-state index in [2.05, 4.69) is 14.8 Å². The van der Waals surface area contributed by atoms with Crippen LogP contribution in [-0.4, -0.2) is 28.1 Å². The summed E-state index contributed by atoms with van der Waals surface area (Å²) in [5, 5.41) is 15.0. The second-order valence-electron chi connectivity index (χ2n) is 4.83. The molecule has 25 heavy (non-hydrogen) atoms. The molecule has 0 aliphatic carbocycles. The van der Waals surface area contributed by atoms with Crippen molar-refractivity contribution in [2.24, 2.45) is 0 Å². The van der Waals surface area contributed by atoms with Gasteiger partial charge in [0.1, 0.15) is 5.82 Å². The molecular weight excluding hydrogens is 353 g/mol. The Morgan fingerprint density at radius 2 is 2.04 bits per heavy atom. The first kappa shape index (κ1) is 16.5. The number of nitro benzene ring substituents is 1. The highest BCUT2D eigenvalue weighted by atomic mass is 32.2. The molecule has 0 saturated heterocycles. The average molecular weight is 363 g/mol. The van der Waals surface area contributed by atoms with Crippen molar-refractivity contribution < 1.29 is 17.7 Å². The van der Waals surface area contributed by atoms with E-state index in [1.807, 2.05) is 0 Å². The lowest BCUT2D eigenvalue weighted by molar-refractivity contribution is -0.388. The third-order valence-electron chi connectivity index (χ3n) is 3.15. The number of benzene rings is 1. The molecule has 0 aliphatic heterocycles. The van der Waals surface area contributed by atoms with Gasteiger partial charge in [-0.1, -0.05) is 0 Å². The van der Waals surface area contributed by atoms with E-state index >= 15 is 0 Å². The minimum atomic E-state index is -4.29. The molecule has 11 heteroatoms. The second-order valence-corrected chi connectivity index (χ2v) is 6.48. The van der Waals surface area contributed by atoms with E-state index in [0.29, 0.717) is 11.9 Å². The number of pyridine rings is 1. The first-order chi connectivity index (χ1) is 11.9. The Kier molecular flexibility index (Phi) is 4.15. The first-order valence-corrected chi connectivity index (χ1v) is 8.28. The molecule has 3 aromatic rings. The SMILES string of the molecule is O=[N+]([O-])c1cc(F)ccc1S(=O)(=O)Nc1ccc(-n2cccn2)nc1. The van der Waals surface area contributed by atoms with Gasteiger partial charge in [-0.3, -0.25) is 14.8 Å². The molecule has 1 aromatic carbocycles. The molecule has 3 rings (SSSR count). The van der Waals surface area contributed by atoms with Gasteiger partial charge < -0.3 is 0 Å². The maximum Gasteiger partial charge on any atom is 0.292 e. The third-order valence-corrected chi connectivity index (χ3v) is 4.58. The van der Waals surface area contributed by atoms with Gasteiger partial charge in [0.15, 0.2) is 10.7 Å². The van der Waals surface area contributed by atoms with Gasteiger partial charge in [-0.05, 0) is 30.3 Å². The topological polar surface area (TPSA) is 120 Å². The zero-order chi connectivity index (χ0) is 18.0. The van der Waals surface area contributed by atoms with E-state index in [0.717, 1.165) is 12.1 Å². The fourth-order valence-electron chi connectivity index (χ4n) is 2.06. The summed E-state index contributed by atoms with van der Waals surface area (Å²) < 4.78 is 41.6. The lowest BCUT2D eigenvalue weighted by atomic mass is 10.3. The summed E-state index contributed by atoms with van der Waals surface area (Å²) in [7, 11) is -4.29. The summed E-state index contributed by atoms with van der Waals surface area (Å²) in [6.07, 6.45) is 4.46. The molecule has 0 amide bonds. The molecule has 0 fully saturated rings. The maximum atomic E-state index is 13.2. The molecule has 0 radical (unpaired) electrons. The Labute approximate surface area is 141 Å². The molecule has 1 N–H and O–H groups in total. The van der Waals surface area contributed by atoms with Crippen molar-refractivity contribution >= 4 is 21.4 Å². The Morgan fingerprint density at radius 1 is 1.24 bits per heavy atom. The van der Waals surface area contributed by atoms with Gasteiger partial charge in [-0.15, -0.1) is 0 Å². The second kappa shape index (κ2) is 6.28. The van der Waals surface area contributed by atoms with Crippen LogP contribution in [0.2, 0.25) is 0 Å².